The summed E-state index contributed by atoms with van der Waals surface area (Å²) in [6, 6.07) is 5.73. The average molecular weight is 422 g/mol. The number of rotatable bonds is 6. The van der Waals surface area contributed by atoms with Crippen LogP contribution in [0.15, 0.2) is 42.6 Å². The maximum atomic E-state index is 12.5. The largest absolute Gasteiger partial charge is 0.468 e. The van der Waals surface area contributed by atoms with Gasteiger partial charge in [0.15, 0.2) is 13.2 Å². The third-order valence-corrected chi connectivity index (χ3v) is 3.19. The molecule has 1 aromatic heterocycles. The number of aromatic nitrogens is 1. The van der Waals surface area contributed by atoms with Crippen LogP contribution >= 0.6 is 0 Å². The van der Waals surface area contributed by atoms with Crippen molar-refractivity contribution in [2.45, 2.75) is 12.4 Å². The van der Waals surface area contributed by atoms with E-state index in [2.05, 4.69) is 15.0 Å². The van der Waals surface area contributed by atoms with E-state index in [-0.39, 0.29) is 17.1 Å². The Morgan fingerprint density at radius 2 is 1.62 bits per heavy atom. The van der Waals surface area contributed by atoms with Crippen molar-refractivity contribution >= 4 is 17.6 Å². The van der Waals surface area contributed by atoms with Gasteiger partial charge in [0.1, 0.15) is 0 Å². The van der Waals surface area contributed by atoms with E-state index in [9.17, 15) is 35.9 Å². The van der Waals surface area contributed by atoms with Crippen molar-refractivity contribution in [1.29, 1.82) is 0 Å². The number of ether oxygens (including phenoxy) is 2. The summed E-state index contributed by atoms with van der Waals surface area (Å²) in [5.74, 6) is -2.16. The zero-order chi connectivity index (χ0) is 21.7. The van der Waals surface area contributed by atoms with Gasteiger partial charge in [-0.3, -0.25) is 4.79 Å². The zero-order valence-electron chi connectivity index (χ0n) is 14.3. The molecule has 0 aliphatic carbocycles. The van der Waals surface area contributed by atoms with Crippen LogP contribution in [0.25, 0.3) is 0 Å². The topological polar surface area (TPSA) is 77.5 Å². The van der Waals surface area contributed by atoms with Crippen molar-refractivity contribution in [2.75, 3.05) is 18.5 Å². The number of nitrogens with zero attached hydrogens (tertiary/aromatic N) is 1. The maximum Gasteiger partial charge on any atom is 0.422 e. The summed E-state index contributed by atoms with van der Waals surface area (Å²) in [5.41, 5.74) is -0.976. The van der Waals surface area contributed by atoms with E-state index in [1.807, 2.05) is 0 Å². The lowest BCUT2D eigenvalue weighted by Crippen LogP contribution is -2.21. The molecule has 29 heavy (non-hydrogen) atoms. The van der Waals surface area contributed by atoms with E-state index >= 15 is 0 Å². The predicted molar refractivity (Wildman–Crippen MR) is 86.1 cm³/mol. The van der Waals surface area contributed by atoms with E-state index in [4.69, 9.17) is 4.74 Å². The molecule has 156 valence electrons. The molecule has 1 heterocycles. The van der Waals surface area contributed by atoms with E-state index in [0.29, 0.717) is 0 Å². The van der Waals surface area contributed by atoms with E-state index in [1.165, 1.54) is 0 Å². The summed E-state index contributed by atoms with van der Waals surface area (Å²) in [7, 11) is 0. The van der Waals surface area contributed by atoms with Crippen LogP contribution in [0.1, 0.15) is 15.9 Å². The average Bonchev–Trinajstić information content (AvgIpc) is 2.64. The minimum absolute atomic E-state index is 0.0619. The quantitative estimate of drug-likeness (QED) is 0.566. The Morgan fingerprint density at radius 1 is 0.966 bits per heavy atom. The molecule has 2 rings (SSSR count). The van der Waals surface area contributed by atoms with Gasteiger partial charge in [-0.1, -0.05) is 0 Å². The molecule has 0 saturated heterocycles. The molecule has 0 radical (unpaired) electrons. The number of alkyl halides is 6. The lowest BCUT2D eigenvalue weighted by atomic mass is 10.2. The molecule has 6 nitrogen and oxygen atoms in total. The maximum absolute atomic E-state index is 12.5. The standard InChI is InChI=1S/C17H12F6N2O4/c18-16(19,20)9-29-14-6-1-10(7-24-14)15(27)28-8-13(26)25-12-4-2-11(3-5-12)17(21,22)23/h1-7H,8-9H2,(H,25,26). The van der Waals surface area contributed by atoms with E-state index < -0.39 is 43.0 Å². The van der Waals surface area contributed by atoms with Crippen molar-refractivity contribution in [3.63, 3.8) is 0 Å². The highest BCUT2D eigenvalue weighted by Gasteiger charge is 2.30. The lowest BCUT2D eigenvalue weighted by Gasteiger charge is -2.10. The Morgan fingerprint density at radius 3 is 2.14 bits per heavy atom. The molecule has 1 aromatic carbocycles. The van der Waals surface area contributed by atoms with E-state index in [0.717, 1.165) is 42.6 Å². The van der Waals surface area contributed by atoms with Gasteiger partial charge in [-0.05, 0) is 30.3 Å². The summed E-state index contributed by atoms with van der Waals surface area (Å²) in [5, 5.41) is 2.24. The van der Waals surface area contributed by atoms with Gasteiger partial charge < -0.3 is 14.8 Å². The van der Waals surface area contributed by atoms with Gasteiger partial charge in [-0.15, -0.1) is 0 Å². The molecular formula is C17H12F6N2O4. The van der Waals surface area contributed by atoms with Crippen LogP contribution in [0.5, 0.6) is 5.88 Å². The van der Waals surface area contributed by atoms with Gasteiger partial charge in [0.05, 0.1) is 11.1 Å². The van der Waals surface area contributed by atoms with Crippen molar-refractivity contribution in [1.82, 2.24) is 4.98 Å². The fourth-order valence-corrected chi connectivity index (χ4v) is 1.90. The summed E-state index contributed by atoms with van der Waals surface area (Å²) in [6.45, 7) is -2.29. The van der Waals surface area contributed by atoms with Crippen LogP contribution in [0.2, 0.25) is 0 Å². The van der Waals surface area contributed by atoms with Crippen molar-refractivity contribution in [3.05, 3.63) is 53.7 Å². The summed E-state index contributed by atoms with van der Waals surface area (Å²) in [4.78, 5) is 27.0. The predicted octanol–water partition coefficient (Wildman–Crippen LogP) is 3.84. The highest BCUT2D eigenvalue weighted by atomic mass is 19.4. The van der Waals surface area contributed by atoms with Crippen LogP contribution in [-0.2, 0) is 15.7 Å². The van der Waals surface area contributed by atoms with Gasteiger partial charge in [0.25, 0.3) is 5.91 Å². The second-order valence-electron chi connectivity index (χ2n) is 5.49. The molecular weight excluding hydrogens is 410 g/mol. The van der Waals surface area contributed by atoms with Crippen molar-refractivity contribution in [3.8, 4) is 5.88 Å². The number of hydrogen-bond acceptors (Lipinski definition) is 5. The van der Waals surface area contributed by atoms with Gasteiger partial charge in [0, 0.05) is 18.0 Å². The first-order chi connectivity index (χ1) is 13.4. The fraction of sp³-hybridized carbons (Fsp3) is 0.235. The Bertz CT molecular complexity index is 848. The molecule has 1 amide bonds. The van der Waals surface area contributed by atoms with Gasteiger partial charge in [-0.25, -0.2) is 9.78 Å². The van der Waals surface area contributed by atoms with Crippen LogP contribution in [0.4, 0.5) is 32.0 Å². The Kier molecular flexibility index (Phi) is 6.67. The Labute approximate surface area is 159 Å². The van der Waals surface area contributed by atoms with Gasteiger partial charge in [0.2, 0.25) is 5.88 Å². The van der Waals surface area contributed by atoms with E-state index in [1.54, 1.807) is 0 Å². The molecule has 2 aromatic rings. The highest BCUT2D eigenvalue weighted by Crippen LogP contribution is 2.29. The summed E-state index contributed by atoms with van der Waals surface area (Å²) < 4.78 is 82.6. The number of pyridine rings is 1. The molecule has 0 atom stereocenters. The second kappa shape index (κ2) is 8.80. The Hall–Kier alpha value is -3.31. The minimum atomic E-state index is -4.54. The lowest BCUT2D eigenvalue weighted by molar-refractivity contribution is -0.154. The number of amides is 1. The number of carbonyl (C=O) groups is 2. The summed E-state index contributed by atoms with van der Waals surface area (Å²) in [6.07, 6.45) is -8.15. The number of hydrogen-bond donors (Lipinski definition) is 1. The normalized spacial score (nSPS) is 11.7. The minimum Gasteiger partial charge on any atom is -0.468 e. The first-order valence-corrected chi connectivity index (χ1v) is 7.74. The monoisotopic (exact) mass is 422 g/mol. The van der Waals surface area contributed by atoms with Gasteiger partial charge in [-0.2, -0.15) is 26.3 Å². The molecule has 12 heteroatoms. The molecule has 0 unspecified atom stereocenters. The van der Waals surface area contributed by atoms with Crippen LogP contribution in [0, 0.1) is 0 Å². The molecule has 0 aliphatic rings. The third-order valence-electron chi connectivity index (χ3n) is 3.19. The number of benzene rings is 1. The number of esters is 1. The number of halogens is 6. The first kappa shape index (κ1) is 22.0. The summed E-state index contributed by atoms with van der Waals surface area (Å²) >= 11 is 0. The number of nitrogens with one attached hydrogen (secondary N) is 1. The van der Waals surface area contributed by atoms with Crippen LogP contribution < -0.4 is 10.1 Å². The molecule has 0 saturated carbocycles. The highest BCUT2D eigenvalue weighted by molar-refractivity contribution is 5.95. The molecule has 0 aliphatic heterocycles. The Balaban J connectivity index is 1.83. The number of carbonyl (C=O) groups excluding carboxylic acids is 2. The third kappa shape index (κ3) is 7.31. The zero-order valence-corrected chi connectivity index (χ0v) is 14.3. The fourth-order valence-electron chi connectivity index (χ4n) is 1.90. The van der Waals surface area contributed by atoms with Crippen molar-refractivity contribution < 1.29 is 45.4 Å². The van der Waals surface area contributed by atoms with Crippen molar-refractivity contribution in [2.24, 2.45) is 0 Å². The van der Waals surface area contributed by atoms with Crippen LogP contribution in [0.3, 0.4) is 0 Å². The molecule has 0 fully saturated rings. The van der Waals surface area contributed by atoms with Crippen LogP contribution in [-0.4, -0.2) is 36.3 Å². The smallest absolute Gasteiger partial charge is 0.422 e. The SMILES string of the molecule is O=C(COC(=O)c1ccc(OCC(F)(F)F)nc1)Nc1ccc(C(F)(F)F)cc1. The van der Waals surface area contributed by atoms with Gasteiger partial charge >= 0.3 is 18.3 Å². The first-order valence-electron chi connectivity index (χ1n) is 7.74. The molecule has 0 bridgehead atoms. The number of anilines is 1. The second-order valence-corrected chi connectivity index (χ2v) is 5.49. The molecule has 1 N–H and O–H groups in total. The molecule has 0 spiro atoms.